The van der Waals surface area contributed by atoms with Crippen molar-refractivity contribution in [1.82, 2.24) is 0 Å². The number of aliphatic imine (C=N–C) groups is 1. The Balaban J connectivity index is 1.49. The zero-order valence-electron chi connectivity index (χ0n) is 16.5. The molecule has 1 aromatic heterocycles. The summed E-state index contributed by atoms with van der Waals surface area (Å²) in [5.41, 5.74) is 2.33. The van der Waals surface area contributed by atoms with Gasteiger partial charge in [0.05, 0.1) is 17.9 Å². The van der Waals surface area contributed by atoms with E-state index in [1.807, 2.05) is 29.0 Å². The predicted molar refractivity (Wildman–Crippen MR) is 119 cm³/mol. The van der Waals surface area contributed by atoms with Gasteiger partial charge >= 0.3 is 5.97 Å². The van der Waals surface area contributed by atoms with Crippen molar-refractivity contribution in [1.29, 1.82) is 0 Å². The number of nitrogens with zero attached hydrogens (tertiary/aromatic N) is 1. The molecule has 150 valence electrons. The van der Waals surface area contributed by atoms with Crippen LogP contribution in [0.4, 0.5) is 5.69 Å². The molecule has 0 spiro atoms. The summed E-state index contributed by atoms with van der Waals surface area (Å²) in [5, 5.41) is 4.03. The molecule has 0 saturated carbocycles. The number of thiophene rings is 1. The van der Waals surface area contributed by atoms with Gasteiger partial charge < -0.3 is 9.47 Å². The third-order valence-electron chi connectivity index (χ3n) is 4.31. The van der Waals surface area contributed by atoms with Gasteiger partial charge in [-0.25, -0.2) is 4.79 Å². The molecule has 0 saturated heterocycles. The van der Waals surface area contributed by atoms with Crippen molar-refractivity contribution in [2.75, 3.05) is 6.61 Å². The van der Waals surface area contributed by atoms with Crippen LogP contribution in [0.3, 0.4) is 0 Å². The maximum absolute atomic E-state index is 12.3. The van der Waals surface area contributed by atoms with E-state index in [1.165, 1.54) is 19.3 Å². The fourth-order valence-corrected chi connectivity index (χ4v) is 3.28. The summed E-state index contributed by atoms with van der Waals surface area (Å²) >= 11 is 1.63. The molecule has 2 aromatic carbocycles. The zero-order valence-corrected chi connectivity index (χ0v) is 17.4. The monoisotopic (exact) mass is 407 g/mol. The first-order valence-corrected chi connectivity index (χ1v) is 10.8. The highest BCUT2D eigenvalue weighted by Gasteiger charge is 2.08. The van der Waals surface area contributed by atoms with Gasteiger partial charge in [0.2, 0.25) is 0 Å². The molecule has 5 heteroatoms. The average molecular weight is 408 g/mol. The lowest BCUT2D eigenvalue weighted by Gasteiger charge is -2.08. The van der Waals surface area contributed by atoms with Crippen LogP contribution in [0.2, 0.25) is 0 Å². The number of benzene rings is 2. The summed E-state index contributed by atoms with van der Waals surface area (Å²) in [6.07, 6.45) is 6.49. The highest BCUT2D eigenvalue weighted by molar-refractivity contribution is 7.08. The Morgan fingerprint density at radius 3 is 2.41 bits per heavy atom. The van der Waals surface area contributed by atoms with E-state index in [2.05, 4.69) is 11.9 Å². The first-order valence-electron chi connectivity index (χ1n) is 9.86. The van der Waals surface area contributed by atoms with Gasteiger partial charge in [0.1, 0.15) is 11.5 Å². The molecule has 0 unspecified atom stereocenters. The smallest absolute Gasteiger partial charge is 0.343 e. The molecule has 0 aliphatic heterocycles. The first kappa shape index (κ1) is 20.8. The standard InChI is InChI=1S/C24H25NO3S/c1-2-3-4-5-15-27-22-10-12-23(13-11-22)28-24(26)20-6-8-21(9-7-20)25-17-19-14-16-29-18-19/h6-14,16-18H,2-5,15H2,1H3. The molecule has 29 heavy (non-hydrogen) atoms. The van der Waals surface area contributed by atoms with Crippen LogP contribution in [0.1, 0.15) is 48.5 Å². The van der Waals surface area contributed by atoms with Crippen molar-refractivity contribution in [2.45, 2.75) is 32.6 Å². The Hall–Kier alpha value is -2.92. The predicted octanol–water partition coefficient (Wildman–Crippen LogP) is 6.68. The number of esters is 1. The second kappa shape index (κ2) is 11.2. The van der Waals surface area contributed by atoms with Crippen LogP contribution in [0.5, 0.6) is 11.5 Å². The lowest BCUT2D eigenvalue weighted by molar-refractivity contribution is 0.0734. The third-order valence-corrected chi connectivity index (χ3v) is 5.01. The minimum absolute atomic E-state index is 0.397. The minimum atomic E-state index is -0.397. The van der Waals surface area contributed by atoms with Gasteiger partial charge in [-0.05, 0) is 71.8 Å². The average Bonchev–Trinajstić information content (AvgIpc) is 3.27. The fraction of sp³-hybridized carbons (Fsp3) is 0.250. The summed E-state index contributed by atoms with van der Waals surface area (Å²) in [6, 6.07) is 16.2. The SMILES string of the molecule is CCCCCCOc1ccc(OC(=O)c2ccc(N=Cc3ccsc3)cc2)cc1. The van der Waals surface area contributed by atoms with Crippen LogP contribution in [-0.2, 0) is 0 Å². The zero-order chi connectivity index (χ0) is 20.3. The molecule has 0 bridgehead atoms. The van der Waals surface area contributed by atoms with Gasteiger partial charge in [0.25, 0.3) is 0 Å². The Morgan fingerprint density at radius 2 is 1.72 bits per heavy atom. The number of rotatable bonds is 10. The number of carbonyl (C=O) groups excluding carboxylic acids is 1. The van der Waals surface area contributed by atoms with Crippen LogP contribution in [0.25, 0.3) is 0 Å². The lowest BCUT2D eigenvalue weighted by atomic mass is 10.2. The van der Waals surface area contributed by atoms with E-state index < -0.39 is 5.97 Å². The maximum Gasteiger partial charge on any atom is 0.343 e. The molecule has 0 aliphatic rings. The van der Waals surface area contributed by atoms with Crippen molar-refractivity contribution in [3.63, 3.8) is 0 Å². The van der Waals surface area contributed by atoms with E-state index in [-0.39, 0.29) is 0 Å². The van der Waals surface area contributed by atoms with Gasteiger partial charge in [0, 0.05) is 11.8 Å². The summed E-state index contributed by atoms with van der Waals surface area (Å²) in [4.78, 5) is 16.7. The van der Waals surface area contributed by atoms with Crippen molar-refractivity contribution in [3.8, 4) is 11.5 Å². The van der Waals surface area contributed by atoms with Crippen LogP contribution < -0.4 is 9.47 Å². The van der Waals surface area contributed by atoms with E-state index in [0.29, 0.717) is 17.9 Å². The second-order valence-corrected chi connectivity index (χ2v) is 7.41. The van der Waals surface area contributed by atoms with Crippen molar-refractivity contribution >= 4 is 29.2 Å². The normalized spacial score (nSPS) is 10.9. The molecule has 3 rings (SSSR count). The summed E-state index contributed by atoms with van der Waals surface area (Å²) < 4.78 is 11.1. The lowest BCUT2D eigenvalue weighted by Crippen LogP contribution is -2.08. The molecule has 0 atom stereocenters. The molecule has 0 aliphatic carbocycles. The second-order valence-electron chi connectivity index (χ2n) is 6.63. The largest absolute Gasteiger partial charge is 0.494 e. The van der Waals surface area contributed by atoms with E-state index in [9.17, 15) is 4.79 Å². The van der Waals surface area contributed by atoms with Crippen LogP contribution in [0.15, 0.2) is 70.3 Å². The van der Waals surface area contributed by atoms with Crippen LogP contribution in [0, 0.1) is 0 Å². The Labute approximate surface area is 175 Å². The third kappa shape index (κ3) is 6.88. The quantitative estimate of drug-likeness (QED) is 0.163. The topological polar surface area (TPSA) is 47.9 Å². The molecular formula is C24H25NO3S. The number of ether oxygens (including phenoxy) is 2. The van der Waals surface area contributed by atoms with Crippen molar-refractivity contribution in [2.24, 2.45) is 4.99 Å². The highest BCUT2D eigenvalue weighted by atomic mass is 32.1. The number of hydrogen-bond donors (Lipinski definition) is 0. The molecule has 3 aromatic rings. The summed E-state index contributed by atoms with van der Waals surface area (Å²) in [6.45, 7) is 2.90. The summed E-state index contributed by atoms with van der Waals surface area (Å²) in [7, 11) is 0. The molecule has 0 radical (unpaired) electrons. The number of carbonyl (C=O) groups is 1. The number of unbranched alkanes of at least 4 members (excludes halogenated alkanes) is 3. The molecule has 0 N–H and O–H groups in total. The van der Waals surface area contributed by atoms with Crippen LogP contribution >= 0.6 is 11.3 Å². The first-order chi connectivity index (χ1) is 14.2. The Morgan fingerprint density at radius 1 is 0.966 bits per heavy atom. The van der Waals surface area contributed by atoms with E-state index >= 15 is 0 Å². The van der Waals surface area contributed by atoms with E-state index in [4.69, 9.17) is 9.47 Å². The van der Waals surface area contributed by atoms with E-state index in [0.717, 1.165) is 23.4 Å². The molecule has 4 nitrogen and oxygen atoms in total. The molecule has 0 fully saturated rings. The van der Waals surface area contributed by atoms with Crippen molar-refractivity contribution < 1.29 is 14.3 Å². The molecule has 1 heterocycles. The Bertz CT molecular complexity index is 900. The van der Waals surface area contributed by atoms with Gasteiger partial charge in [-0.1, -0.05) is 26.2 Å². The molecular weight excluding hydrogens is 382 g/mol. The Kier molecular flexibility index (Phi) is 8.01. The van der Waals surface area contributed by atoms with Crippen LogP contribution in [-0.4, -0.2) is 18.8 Å². The maximum atomic E-state index is 12.3. The van der Waals surface area contributed by atoms with Gasteiger partial charge in [-0.3, -0.25) is 4.99 Å². The van der Waals surface area contributed by atoms with E-state index in [1.54, 1.807) is 53.9 Å². The summed E-state index contributed by atoms with van der Waals surface area (Å²) in [5.74, 6) is 0.883. The van der Waals surface area contributed by atoms with Crippen molar-refractivity contribution in [3.05, 3.63) is 76.5 Å². The van der Waals surface area contributed by atoms with Gasteiger partial charge in [-0.15, -0.1) is 0 Å². The number of hydrogen-bond acceptors (Lipinski definition) is 5. The fourth-order valence-electron chi connectivity index (χ4n) is 2.67. The van der Waals surface area contributed by atoms with Gasteiger partial charge in [-0.2, -0.15) is 11.3 Å². The minimum Gasteiger partial charge on any atom is -0.494 e. The molecule has 0 amide bonds. The highest BCUT2D eigenvalue weighted by Crippen LogP contribution is 2.20. The van der Waals surface area contributed by atoms with Gasteiger partial charge in [0.15, 0.2) is 0 Å².